The number of anilines is 1. The molecule has 0 radical (unpaired) electrons. The molecule has 1 amide bonds. The summed E-state index contributed by atoms with van der Waals surface area (Å²) in [5.74, 6) is 2.04. The Kier molecular flexibility index (Phi) is 3.25. The van der Waals surface area contributed by atoms with Crippen LogP contribution >= 0.6 is 0 Å². The van der Waals surface area contributed by atoms with Crippen molar-refractivity contribution in [3.63, 3.8) is 0 Å². The summed E-state index contributed by atoms with van der Waals surface area (Å²) in [5.41, 5.74) is 4.53. The van der Waals surface area contributed by atoms with Crippen molar-refractivity contribution in [2.75, 3.05) is 11.4 Å². The molecule has 1 saturated carbocycles. The topological polar surface area (TPSA) is 59.2 Å². The van der Waals surface area contributed by atoms with Crippen molar-refractivity contribution < 1.29 is 9.32 Å². The SMILES string of the molecule is Cc1cc(C)c(N2CC(c3nc(C4CC4)no3)CC2=O)c(C)c1. The van der Waals surface area contributed by atoms with Gasteiger partial charge in [-0.25, -0.2) is 0 Å². The molecule has 2 heterocycles. The van der Waals surface area contributed by atoms with Gasteiger partial charge in [0.2, 0.25) is 11.8 Å². The van der Waals surface area contributed by atoms with Gasteiger partial charge in [0.1, 0.15) is 0 Å². The van der Waals surface area contributed by atoms with E-state index in [0.717, 1.165) is 35.5 Å². The maximum absolute atomic E-state index is 12.5. The third-order valence-electron chi connectivity index (χ3n) is 4.78. The van der Waals surface area contributed by atoms with Gasteiger partial charge in [-0.1, -0.05) is 22.9 Å². The number of carbonyl (C=O) groups is 1. The van der Waals surface area contributed by atoms with Crippen LogP contribution in [0.2, 0.25) is 0 Å². The fourth-order valence-electron chi connectivity index (χ4n) is 3.61. The smallest absolute Gasteiger partial charge is 0.232 e. The van der Waals surface area contributed by atoms with Crippen molar-refractivity contribution in [2.45, 2.75) is 51.9 Å². The molecule has 1 unspecified atom stereocenters. The van der Waals surface area contributed by atoms with Crippen LogP contribution in [0, 0.1) is 20.8 Å². The van der Waals surface area contributed by atoms with Crippen molar-refractivity contribution in [1.29, 1.82) is 0 Å². The fourth-order valence-corrected chi connectivity index (χ4v) is 3.61. The Labute approximate surface area is 135 Å². The van der Waals surface area contributed by atoms with E-state index >= 15 is 0 Å². The number of carbonyl (C=O) groups excluding carboxylic acids is 1. The van der Waals surface area contributed by atoms with E-state index in [4.69, 9.17) is 4.52 Å². The number of benzene rings is 1. The minimum Gasteiger partial charge on any atom is -0.339 e. The van der Waals surface area contributed by atoms with Crippen LogP contribution in [0.25, 0.3) is 0 Å². The quantitative estimate of drug-likeness (QED) is 0.871. The lowest BCUT2D eigenvalue weighted by molar-refractivity contribution is -0.117. The number of nitrogens with zero attached hydrogens (tertiary/aromatic N) is 3. The molecule has 2 fully saturated rings. The highest BCUT2D eigenvalue weighted by Crippen LogP contribution is 2.40. The summed E-state index contributed by atoms with van der Waals surface area (Å²) >= 11 is 0. The molecule has 2 aliphatic rings. The number of amides is 1. The van der Waals surface area contributed by atoms with E-state index in [1.54, 1.807) is 0 Å². The second kappa shape index (κ2) is 5.18. The Morgan fingerprint density at radius 1 is 1.13 bits per heavy atom. The summed E-state index contributed by atoms with van der Waals surface area (Å²) in [4.78, 5) is 18.9. The summed E-state index contributed by atoms with van der Waals surface area (Å²) in [7, 11) is 0. The molecular weight excluding hydrogens is 290 g/mol. The molecule has 5 nitrogen and oxygen atoms in total. The van der Waals surface area contributed by atoms with Crippen molar-refractivity contribution >= 4 is 11.6 Å². The zero-order valence-corrected chi connectivity index (χ0v) is 13.8. The summed E-state index contributed by atoms with van der Waals surface area (Å²) in [5, 5.41) is 4.08. The van der Waals surface area contributed by atoms with E-state index in [0.29, 0.717) is 24.8 Å². The molecule has 0 N–H and O–H groups in total. The highest BCUT2D eigenvalue weighted by molar-refractivity contribution is 5.97. The lowest BCUT2D eigenvalue weighted by atomic mass is 10.0. The van der Waals surface area contributed by atoms with Gasteiger partial charge in [-0.3, -0.25) is 4.79 Å². The Morgan fingerprint density at radius 2 is 1.83 bits per heavy atom. The van der Waals surface area contributed by atoms with Crippen molar-refractivity contribution in [1.82, 2.24) is 10.1 Å². The van der Waals surface area contributed by atoms with Crippen LogP contribution in [0.5, 0.6) is 0 Å². The Hall–Kier alpha value is -2.17. The minimum atomic E-state index is 0.00241. The van der Waals surface area contributed by atoms with Crippen molar-refractivity contribution in [3.8, 4) is 0 Å². The van der Waals surface area contributed by atoms with Crippen LogP contribution in [0.3, 0.4) is 0 Å². The van der Waals surface area contributed by atoms with E-state index in [9.17, 15) is 4.79 Å². The first-order chi connectivity index (χ1) is 11.0. The standard InChI is InChI=1S/C18H21N3O2/c1-10-6-11(2)16(12(3)7-10)21-9-14(8-15(21)22)18-19-17(20-23-18)13-4-5-13/h6-7,13-14H,4-5,8-9H2,1-3H3. The van der Waals surface area contributed by atoms with Crippen LogP contribution < -0.4 is 4.90 Å². The van der Waals surface area contributed by atoms with Gasteiger partial charge in [0, 0.05) is 24.6 Å². The molecule has 1 aliphatic heterocycles. The van der Waals surface area contributed by atoms with Gasteiger partial charge in [0.05, 0.1) is 5.92 Å². The fraction of sp³-hybridized carbons (Fsp3) is 0.500. The van der Waals surface area contributed by atoms with Gasteiger partial charge >= 0.3 is 0 Å². The Balaban J connectivity index is 1.60. The molecule has 2 aromatic rings. The average molecular weight is 311 g/mol. The van der Waals surface area contributed by atoms with Gasteiger partial charge in [0.15, 0.2) is 5.82 Å². The molecule has 1 saturated heterocycles. The van der Waals surface area contributed by atoms with Crippen LogP contribution in [-0.2, 0) is 4.79 Å². The second-order valence-corrected chi connectivity index (χ2v) is 6.92. The van der Waals surface area contributed by atoms with Crippen LogP contribution in [0.4, 0.5) is 5.69 Å². The molecular formula is C18H21N3O2. The van der Waals surface area contributed by atoms with Crippen molar-refractivity contribution in [2.24, 2.45) is 0 Å². The van der Waals surface area contributed by atoms with E-state index in [2.05, 4.69) is 43.0 Å². The summed E-state index contributed by atoms with van der Waals surface area (Å²) < 4.78 is 5.42. The van der Waals surface area contributed by atoms with Gasteiger partial charge in [0.25, 0.3) is 0 Å². The third-order valence-corrected chi connectivity index (χ3v) is 4.78. The number of hydrogen-bond acceptors (Lipinski definition) is 4. The molecule has 1 atom stereocenters. The van der Waals surface area contributed by atoms with Gasteiger partial charge < -0.3 is 9.42 Å². The average Bonchev–Trinajstić information content (AvgIpc) is 3.09. The number of hydrogen-bond donors (Lipinski definition) is 0. The third kappa shape index (κ3) is 2.54. The summed E-state index contributed by atoms with van der Waals surface area (Å²) in [6, 6.07) is 4.25. The van der Waals surface area contributed by atoms with E-state index in [-0.39, 0.29) is 11.8 Å². The van der Waals surface area contributed by atoms with Crippen LogP contribution in [-0.4, -0.2) is 22.6 Å². The van der Waals surface area contributed by atoms with E-state index in [1.165, 1.54) is 5.56 Å². The summed E-state index contributed by atoms with van der Waals surface area (Å²) in [6.45, 7) is 6.83. The van der Waals surface area contributed by atoms with Crippen molar-refractivity contribution in [3.05, 3.63) is 40.5 Å². The molecule has 1 aliphatic carbocycles. The first-order valence-electron chi connectivity index (χ1n) is 8.24. The maximum atomic E-state index is 12.5. The molecule has 1 aromatic heterocycles. The van der Waals surface area contributed by atoms with E-state index < -0.39 is 0 Å². The molecule has 5 heteroatoms. The zero-order chi connectivity index (χ0) is 16.1. The van der Waals surface area contributed by atoms with Crippen LogP contribution in [0.15, 0.2) is 16.7 Å². The lowest BCUT2D eigenvalue weighted by Gasteiger charge is -2.21. The Bertz CT molecular complexity index is 753. The largest absolute Gasteiger partial charge is 0.339 e. The molecule has 0 spiro atoms. The number of aryl methyl sites for hydroxylation is 3. The molecule has 120 valence electrons. The molecule has 1 aromatic carbocycles. The first kappa shape index (κ1) is 14.4. The van der Waals surface area contributed by atoms with Gasteiger partial charge in [-0.2, -0.15) is 4.98 Å². The maximum Gasteiger partial charge on any atom is 0.232 e. The summed E-state index contributed by atoms with van der Waals surface area (Å²) in [6.07, 6.45) is 2.74. The molecule has 4 rings (SSSR count). The molecule has 23 heavy (non-hydrogen) atoms. The van der Waals surface area contributed by atoms with E-state index in [1.807, 2.05) is 4.90 Å². The van der Waals surface area contributed by atoms with Crippen LogP contribution in [0.1, 0.15) is 59.5 Å². The highest BCUT2D eigenvalue weighted by Gasteiger charge is 2.37. The Morgan fingerprint density at radius 3 is 2.48 bits per heavy atom. The highest BCUT2D eigenvalue weighted by atomic mass is 16.5. The number of aromatic nitrogens is 2. The second-order valence-electron chi connectivity index (χ2n) is 6.92. The van der Waals surface area contributed by atoms with Gasteiger partial charge in [-0.15, -0.1) is 0 Å². The zero-order valence-electron chi connectivity index (χ0n) is 13.8. The predicted octanol–water partition coefficient (Wildman–Crippen LogP) is 3.39. The monoisotopic (exact) mass is 311 g/mol. The first-order valence-corrected chi connectivity index (χ1v) is 8.24. The molecule has 0 bridgehead atoms. The van der Waals surface area contributed by atoms with Gasteiger partial charge in [-0.05, 0) is 44.7 Å². The number of rotatable bonds is 3. The predicted molar refractivity (Wildman–Crippen MR) is 86.6 cm³/mol. The minimum absolute atomic E-state index is 0.00241. The lowest BCUT2D eigenvalue weighted by Crippen LogP contribution is -2.26. The normalized spacial score (nSPS) is 21.3.